The van der Waals surface area contributed by atoms with Crippen LogP contribution in [0, 0.1) is 6.92 Å². The molecule has 96 heavy (non-hydrogen) atoms. The van der Waals surface area contributed by atoms with Crippen molar-refractivity contribution in [3.8, 4) is 56.6 Å². The summed E-state index contributed by atoms with van der Waals surface area (Å²) < 4.78 is 11.4. The van der Waals surface area contributed by atoms with Gasteiger partial charge in [0.25, 0.3) is 0 Å². The van der Waals surface area contributed by atoms with Crippen LogP contribution in [0.1, 0.15) is 51.0 Å². The minimum absolute atomic E-state index is 0. The van der Waals surface area contributed by atoms with Crippen molar-refractivity contribution in [3.63, 3.8) is 0 Å². The van der Waals surface area contributed by atoms with Crippen molar-refractivity contribution in [1.82, 2.24) is 89.4 Å². The quantitative estimate of drug-likeness (QED) is 0.108. The monoisotopic (exact) mass is 1450 g/mol. The van der Waals surface area contributed by atoms with Gasteiger partial charge in [-0.3, -0.25) is 14.6 Å². The number of amides is 1. The summed E-state index contributed by atoms with van der Waals surface area (Å²) in [6.07, 6.45) is 7.46. The summed E-state index contributed by atoms with van der Waals surface area (Å²) in [7, 11) is 4.34. The van der Waals surface area contributed by atoms with E-state index in [9.17, 15) is 4.79 Å². The zero-order chi connectivity index (χ0) is 64.2. The summed E-state index contributed by atoms with van der Waals surface area (Å²) in [6.45, 7) is 15.6. The van der Waals surface area contributed by atoms with Gasteiger partial charge < -0.3 is 24.1 Å². The van der Waals surface area contributed by atoms with Gasteiger partial charge in [0.2, 0.25) is 5.91 Å². The molecule has 2 radical (unpaired) electrons. The SMILES string of the molecule is C.CN1CCN(CCn2nc(-c3cc4ccccc4[nH]3)c3c(Cl)c(-c4ccccc4)nnc32)CC1.Cc1ccc(-c2nn(CCN3CCN(C)CC3)c3nnc(-c4ccccc4)c(Cl)c23)o1.O=C(Cn1nc(C2=CCCC2)c2c(Cl)c(-c3ccccc3)nnc21)N1CCCC1.[InH]. The third-order valence-corrected chi connectivity index (χ3v) is 19.3. The molecule has 0 bridgehead atoms. The molecule has 12 aromatic rings. The molecule has 24 heteroatoms. The molecule has 0 unspecified atom stereocenters. The van der Waals surface area contributed by atoms with Gasteiger partial charge in [0.1, 0.15) is 40.8 Å². The van der Waals surface area contributed by atoms with E-state index in [1.165, 1.54) is 5.57 Å². The number of likely N-dealkylation sites (tertiary alicyclic amines) is 1. The van der Waals surface area contributed by atoms with Gasteiger partial charge >= 0.3 is 25.8 Å². The van der Waals surface area contributed by atoms with E-state index in [1.807, 2.05) is 136 Å². The van der Waals surface area contributed by atoms with Gasteiger partial charge in [-0.25, -0.2) is 14.0 Å². The second kappa shape index (κ2) is 30.7. The number of aromatic amines is 1. The number of aromatic nitrogens is 13. The number of halogens is 3. The Hall–Kier alpha value is -7.86. The Morgan fingerprint density at radius 1 is 0.500 bits per heavy atom. The Bertz CT molecular complexity index is 4650. The van der Waals surface area contributed by atoms with Crippen LogP contribution in [0.2, 0.25) is 15.1 Å². The van der Waals surface area contributed by atoms with Crippen molar-refractivity contribution < 1.29 is 9.21 Å². The number of fused-ring (bicyclic) bond motifs is 4. The first kappa shape index (κ1) is 68.1. The average Bonchev–Trinajstić information content (AvgIpc) is 1.59. The fraction of sp³-hybridized carbons (Fsp3) is 0.333. The zero-order valence-corrected chi connectivity index (χ0v) is 60.0. The van der Waals surface area contributed by atoms with Gasteiger partial charge in [0, 0.05) is 106 Å². The summed E-state index contributed by atoms with van der Waals surface area (Å²) in [5, 5.41) is 46.9. The minimum atomic E-state index is 0. The van der Waals surface area contributed by atoms with Crippen LogP contribution in [0.5, 0.6) is 0 Å². The molecule has 492 valence electrons. The number of hydrogen-bond acceptors (Lipinski definition) is 15. The Labute approximate surface area is 592 Å². The standard InChI is InChI=1S/C26H26ClN7.C23H25ClN6O.C22H22ClN5O.CH4.In.H/c1-32-11-13-33(14-12-32)15-16-34-26-22(23(27)24(29-30-26)18-7-3-2-4-8-18)25(31-34)21-17-19-9-5-6-10-20(19)28-21;1-16-8-9-18(31-16)22-19-20(24)21(17-6-4-3-5-7-17)25-26-23(19)30(27-22)15-14-29-12-10-28(2)11-13-29;23-19-18-20(15-10-4-5-11-15)26-28(14-17(29)27-12-6-7-13-27)22(18)25-24-21(19)16-8-2-1-3-9-16;;;/h2-10,17,28H,11-16H2,1H3;3-9H,10-15H2,1-2H3;1-3,8-10H,4-7,11-14H2;1H4;;. The molecule has 1 amide bonds. The first-order chi connectivity index (χ1) is 46.0. The van der Waals surface area contributed by atoms with Crippen LogP contribution in [-0.4, -0.2) is 214 Å². The third kappa shape index (κ3) is 14.6. The van der Waals surface area contributed by atoms with Crippen molar-refractivity contribution in [2.24, 2.45) is 0 Å². The summed E-state index contributed by atoms with van der Waals surface area (Å²) >= 11 is 20.8. The number of H-pyrrole nitrogens is 1. The number of nitrogens with one attached hydrogen (secondary N) is 1. The molecular formula is C72H78Cl3InN18O2. The van der Waals surface area contributed by atoms with Crippen molar-refractivity contribution in [3.05, 3.63) is 166 Å². The number of benzene rings is 4. The van der Waals surface area contributed by atoms with Gasteiger partial charge in [0.05, 0.1) is 55.7 Å². The molecule has 11 heterocycles. The molecule has 1 N–H and O–H groups in total. The van der Waals surface area contributed by atoms with Gasteiger partial charge in [-0.15, -0.1) is 30.6 Å². The third-order valence-electron chi connectivity index (χ3n) is 18.2. The summed E-state index contributed by atoms with van der Waals surface area (Å²) in [6, 6.07) is 43.9. The molecule has 3 saturated heterocycles. The fourth-order valence-corrected chi connectivity index (χ4v) is 13.8. The van der Waals surface area contributed by atoms with Gasteiger partial charge in [-0.1, -0.05) is 158 Å². The van der Waals surface area contributed by atoms with E-state index in [0.717, 1.165) is 190 Å². The van der Waals surface area contributed by atoms with Crippen LogP contribution >= 0.6 is 34.8 Å². The molecule has 4 aliphatic rings. The van der Waals surface area contributed by atoms with Gasteiger partial charge in [-0.05, 0) is 83.0 Å². The molecule has 1 aliphatic carbocycles. The second-order valence-corrected chi connectivity index (χ2v) is 25.7. The number of piperazine rings is 2. The molecule has 3 fully saturated rings. The van der Waals surface area contributed by atoms with E-state index >= 15 is 0 Å². The number of rotatable bonds is 14. The number of carbonyl (C=O) groups excluding carboxylic acids is 1. The molecular weight excluding hydrogens is 1370 g/mol. The van der Waals surface area contributed by atoms with Crippen molar-refractivity contribution in [2.75, 3.05) is 92.6 Å². The maximum absolute atomic E-state index is 12.7. The summed E-state index contributed by atoms with van der Waals surface area (Å²) in [5.74, 6) is 1.59. The molecule has 0 saturated carbocycles. The topological polar surface area (TPSA) is 193 Å². The van der Waals surface area contributed by atoms with E-state index in [-0.39, 0.29) is 45.7 Å². The number of nitrogens with zero attached hydrogens (tertiary/aromatic N) is 17. The van der Waals surface area contributed by atoms with Gasteiger partial charge in [0.15, 0.2) is 22.7 Å². The molecule has 16 rings (SSSR count). The van der Waals surface area contributed by atoms with Crippen LogP contribution in [0.3, 0.4) is 0 Å². The molecule has 8 aromatic heterocycles. The van der Waals surface area contributed by atoms with E-state index in [0.29, 0.717) is 60.5 Å². The molecule has 3 aliphatic heterocycles. The Morgan fingerprint density at radius 2 is 0.958 bits per heavy atom. The Kier molecular flexibility index (Phi) is 21.8. The Morgan fingerprint density at radius 3 is 1.44 bits per heavy atom. The summed E-state index contributed by atoms with van der Waals surface area (Å²) in [4.78, 5) is 27.8. The first-order valence-electron chi connectivity index (χ1n) is 32.4. The van der Waals surface area contributed by atoms with Crippen molar-refractivity contribution >= 4 is 116 Å². The average molecular weight is 1450 g/mol. The number of allylic oxidation sites excluding steroid dienone is 2. The first-order valence-corrected chi connectivity index (χ1v) is 33.5. The van der Waals surface area contributed by atoms with Crippen LogP contribution in [0.25, 0.3) is 106 Å². The predicted molar refractivity (Wildman–Crippen MR) is 386 cm³/mol. The second-order valence-electron chi connectivity index (χ2n) is 24.6. The zero-order valence-electron chi connectivity index (χ0n) is 53.7. The van der Waals surface area contributed by atoms with Crippen molar-refractivity contribution in [2.45, 2.75) is 66.1 Å². The number of carbonyl (C=O) groups is 1. The van der Waals surface area contributed by atoms with E-state index < -0.39 is 0 Å². The fourth-order valence-electron chi connectivity index (χ4n) is 12.9. The van der Waals surface area contributed by atoms with Crippen LogP contribution < -0.4 is 0 Å². The number of likely N-dealkylation sites (N-methyl/N-ethyl adjacent to an activating group) is 2. The van der Waals surface area contributed by atoms with E-state index in [1.54, 1.807) is 4.68 Å². The van der Waals surface area contributed by atoms with Gasteiger partial charge in [-0.2, -0.15) is 15.3 Å². The molecule has 0 spiro atoms. The number of para-hydroxylation sites is 1. The van der Waals surface area contributed by atoms with Crippen LogP contribution in [0.4, 0.5) is 0 Å². The number of furan rings is 1. The molecule has 20 nitrogen and oxygen atoms in total. The predicted octanol–water partition coefficient (Wildman–Crippen LogP) is 12.8. The number of hydrogen-bond donors (Lipinski definition) is 1. The normalized spacial score (nSPS) is 15.6. The molecule has 4 aromatic carbocycles. The maximum atomic E-state index is 12.7. The Balaban J connectivity index is 0.000000137. The van der Waals surface area contributed by atoms with Crippen molar-refractivity contribution in [1.29, 1.82) is 0 Å². The van der Waals surface area contributed by atoms with Crippen LogP contribution in [0.15, 0.2) is 144 Å². The number of aryl methyl sites for hydroxylation is 1. The summed E-state index contributed by atoms with van der Waals surface area (Å²) in [5.41, 5.74) is 12.2. The van der Waals surface area contributed by atoms with E-state index in [2.05, 4.69) is 93.5 Å². The van der Waals surface area contributed by atoms with Crippen LogP contribution in [-0.2, 0) is 24.4 Å². The molecule has 0 atom stereocenters. The van der Waals surface area contributed by atoms with E-state index in [4.69, 9.17) is 54.5 Å².